The maximum absolute atomic E-state index is 13.6. The van der Waals surface area contributed by atoms with Crippen molar-refractivity contribution in [2.45, 2.75) is 95.7 Å². The Labute approximate surface area is 162 Å². The van der Waals surface area contributed by atoms with Gasteiger partial charge in [0.2, 0.25) is 0 Å². The summed E-state index contributed by atoms with van der Waals surface area (Å²) in [5.74, 6) is -1.81. The van der Waals surface area contributed by atoms with Crippen LogP contribution in [0.25, 0.3) is 0 Å². The molecule has 0 radical (unpaired) electrons. The Hall–Kier alpha value is -0.270. The highest BCUT2D eigenvalue weighted by Crippen LogP contribution is 2.57. The summed E-state index contributed by atoms with van der Waals surface area (Å²) in [4.78, 5) is 0. The summed E-state index contributed by atoms with van der Waals surface area (Å²) in [6, 6.07) is 0. The highest BCUT2D eigenvalue weighted by atomic mass is 31.2. The van der Waals surface area contributed by atoms with Crippen molar-refractivity contribution in [1.82, 2.24) is 0 Å². The molecule has 10 heteroatoms. The molecule has 0 spiro atoms. The molecule has 0 N–H and O–H groups in total. The predicted octanol–water partition coefficient (Wildman–Crippen LogP) is 7.26. The number of rotatable bonds is 7. The van der Waals surface area contributed by atoms with Gasteiger partial charge >= 0.3 is 19.9 Å². The molecule has 2 saturated carbocycles. The Morgan fingerprint density at radius 1 is 0.750 bits per heavy atom. The fourth-order valence-corrected chi connectivity index (χ4v) is 5.84. The lowest BCUT2D eigenvalue weighted by Crippen LogP contribution is -2.42. The van der Waals surface area contributed by atoms with E-state index in [-0.39, 0.29) is 25.7 Å². The van der Waals surface area contributed by atoms with Gasteiger partial charge in [0, 0.05) is 6.16 Å². The quantitative estimate of drug-likeness (QED) is 0.310. The molecular formula is C18H29F6O3P. The van der Waals surface area contributed by atoms with E-state index in [4.69, 9.17) is 9.05 Å². The van der Waals surface area contributed by atoms with E-state index >= 15 is 0 Å². The monoisotopic (exact) mass is 438 g/mol. The van der Waals surface area contributed by atoms with E-state index < -0.39 is 50.2 Å². The molecule has 2 rings (SSSR count). The number of hydrogen-bond donors (Lipinski definition) is 0. The van der Waals surface area contributed by atoms with Crippen molar-refractivity contribution in [3.8, 4) is 0 Å². The molecule has 2 atom stereocenters. The minimum absolute atomic E-state index is 0.249. The van der Waals surface area contributed by atoms with E-state index in [1.807, 2.05) is 0 Å². The van der Waals surface area contributed by atoms with Crippen molar-refractivity contribution in [2.24, 2.45) is 11.8 Å². The lowest BCUT2D eigenvalue weighted by molar-refractivity contribution is -0.229. The lowest BCUT2D eigenvalue weighted by Gasteiger charge is -2.37. The van der Waals surface area contributed by atoms with Crippen LogP contribution in [0.15, 0.2) is 0 Å². The van der Waals surface area contributed by atoms with Crippen molar-refractivity contribution >= 4 is 7.60 Å². The van der Waals surface area contributed by atoms with E-state index in [0.29, 0.717) is 25.7 Å². The molecule has 166 valence electrons. The molecule has 2 fully saturated rings. The van der Waals surface area contributed by atoms with Gasteiger partial charge in [-0.1, -0.05) is 45.4 Å². The minimum atomic E-state index is -4.81. The molecule has 3 nitrogen and oxygen atoms in total. The van der Waals surface area contributed by atoms with Crippen molar-refractivity contribution in [2.75, 3.05) is 6.16 Å². The highest BCUT2D eigenvalue weighted by Gasteiger charge is 2.53. The maximum atomic E-state index is 13.6. The summed E-state index contributed by atoms with van der Waals surface area (Å²) in [6.45, 7) is 1.24. The first-order valence-electron chi connectivity index (χ1n) is 10.1. The zero-order valence-electron chi connectivity index (χ0n) is 16.0. The highest BCUT2D eigenvalue weighted by molar-refractivity contribution is 7.53. The summed E-state index contributed by atoms with van der Waals surface area (Å²) < 4.78 is 104. The fraction of sp³-hybridized carbons (Fsp3) is 1.00. The van der Waals surface area contributed by atoms with Crippen LogP contribution < -0.4 is 0 Å². The molecule has 2 aliphatic carbocycles. The Balaban J connectivity index is 2.20. The van der Waals surface area contributed by atoms with Gasteiger partial charge in [0.25, 0.3) is 0 Å². The van der Waals surface area contributed by atoms with Crippen LogP contribution in [0.3, 0.4) is 0 Å². The molecule has 28 heavy (non-hydrogen) atoms. The molecule has 0 aromatic carbocycles. The van der Waals surface area contributed by atoms with Gasteiger partial charge in [-0.2, -0.15) is 26.3 Å². The Bertz CT molecular complexity index is 482. The van der Waals surface area contributed by atoms with E-state index in [0.717, 1.165) is 12.8 Å². The number of hydrogen-bond acceptors (Lipinski definition) is 3. The first-order chi connectivity index (χ1) is 13.0. The van der Waals surface area contributed by atoms with E-state index in [1.54, 1.807) is 0 Å². The molecule has 0 aliphatic heterocycles. The first kappa shape index (κ1) is 24.0. The van der Waals surface area contributed by atoms with Crippen LogP contribution in [-0.4, -0.2) is 30.7 Å². The van der Waals surface area contributed by atoms with E-state index in [1.165, 1.54) is 6.92 Å². The lowest BCUT2D eigenvalue weighted by atomic mass is 9.85. The fourth-order valence-electron chi connectivity index (χ4n) is 4.22. The van der Waals surface area contributed by atoms with Crippen molar-refractivity contribution in [3.63, 3.8) is 0 Å². The van der Waals surface area contributed by atoms with E-state index in [2.05, 4.69) is 0 Å². The first-order valence-corrected chi connectivity index (χ1v) is 11.8. The Morgan fingerprint density at radius 2 is 1.07 bits per heavy atom. The topological polar surface area (TPSA) is 35.5 Å². The Kier molecular flexibility index (Phi) is 8.31. The maximum Gasteiger partial charge on any atom is 0.415 e. The molecule has 2 aliphatic rings. The van der Waals surface area contributed by atoms with Crippen molar-refractivity contribution < 1.29 is 40.0 Å². The average molecular weight is 438 g/mol. The zero-order valence-corrected chi connectivity index (χ0v) is 16.9. The largest absolute Gasteiger partial charge is 0.415 e. The third-order valence-electron chi connectivity index (χ3n) is 5.74. The molecule has 0 aromatic rings. The second kappa shape index (κ2) is 9.69. The summed E-state index contributed by atoms with van der Waals surface area (Å²) in [5.41, 5.74) is 0. The average Bonchev–Trinajstić information content (AvgIpc) is 2.64. The van der Waals surface area contributed by atoms with Crippen LogP contribution in [0.1, 0.15) is 71.1 Å². The van der Waals surface area contributed by atoms with Gasteiger partial charge in [-0.25, -0.2) is 0 Å². The van der Waals surface area contributed by atoms with Gasteiger partial charge in [0.1, 0.15) is 0 Å². The van der Waals surface area contributed by atoms with Gasteiger partial charge < -0.3 is 0 Å². The molecule has 0 bridgehead atoms. The molecule has 0 saturated heterocycles. The normalized spacial score (nSPS) is 25.2. The van der Waals surface area contributed by atoms with Gasteiger partial charge in [-0.15, -0.1) is 0 Å². The van der Waals surface area contributed by atoms with Gasteiger partial charge in [-0.05, 0) is 37.5 Å². The Morgan fingerprint density at radius 3 is 1.32 bits per heavy atom. The standard InChI is InChI=1S/C18H29F6O3P/c1-2-28(25,26-15(17(19,20)21)13-9-5-3-6-10-13)27-16(18(22,23)24)14-11-7-4-8-12-14/h13-16H,2-12H2,1H3. The van der Waals surface area contributed by atoms with Crippen molar-refractivity contribution in [1.29, 1.82) is 0 Å². The second-order valence-corrected chi connectivity index (χ2v) is 10.1. The third kappa shape index (κ3) is 6.63. The second-order valence-electron chi connectivity index (χ2n) is 7.86. The summed E-state index contributed by atoms with van der Waals surface area (Å²) in [7, 11) is -4.58. The van der Waals surface area contributed by atoms with Crippen LogP contribution >= 0.6 is 7.60 Å². The number of alkyl halides is 6. The number of halogens is 6. The van der Waals surface area contributed by atoms with Gasteiger partial charge in [-0.3, -0.25) is 13.6 Å². The summed E-state index contributed by atoms with van der Waals surface area (Å²) in [6.07, 6.45) is -9.92. The van der Waals surface area contributed by atoms with Gasteiger partial charge in [0.05, 0.1) is 0 Å². The van der Waals surface area contributed by atoms with Crippen LogP contribution in [0.5, 0.6) is 0 Å². The molecular weight excluding hydrogens is 409 g/mol. The molecule has 0 aromatic heterocycles. The van der Waals surface area contributed by atoms with Crippen LogP contribution in [0, 0.1) is 11.8 Å². The predicted molar refractivity (Wildman–Crippen MR) is 93.2 cm³/mol. The zero-order chi connectivity index (χ0) is 21.0. The summed E-state index contributed by atoms with van der Waals surface area (Å²) in [5, 5.41) is 0. The minimum Gasteiger partial charge on any atom is -0.295 e. The molecule has 0 amide bonds. The van der Waals surface area contributed by atoms with Crippen LogP contribution in [-0.2, 0) is 13.6 Å². The van der Waals surface area contributed by atoms with E-state index in [9.17, 15) is 30.9 Å². The van der Waals surface area contributed by atoms with Crippen molar-refractivity contribution in [3.05, 3.63) is 0 Å². The molecule has 0 heterocycles. The third-order valence-corrected chi connectivity index (χ3v) is 7.61. The van der Waals surface area contributed by atoms with Crippen LogP contribution in [0.2, 0.25) is 0 Å². The SMILES string of the molecule is CCP(=O)(OC(C1CCCCC1)C(F)(F)F)OC(C1CCCCC1)C(F)(F)F. The van der Waals surface area contributed by atoms with Gasteiger partial charge in [0.15, 0.2) is 12.2 Å². The summed E-state index contributed by atoms with van der Waals surface area (Å²) >= 11 is 0. The smallest absolute Gasteiger partial charge is 0.295 e. The van der Waals surface area contributed by atoms with Crippen LogP contribution in [0.4, 0.5) is 26.3 Å². The molecule has 2 unspecified atom stereocenters.